The van der Waals surface area contributed by atoms with Crippen LogP contribution < -0.4 is 15.4 Å². The summed E-state index contributed by atoms with van der Waals surface area (Å²) in [5.41, 5.74) is 2.12. The van der Waals surface area contributed by atoms with Gasteiger partial charge in [0.1, 0.15) is 11.4 Å². The molecule has 2 amide bonds. The van der Waals surface area contributed by atoms with Crippen molar-refractivity contribution in [3.05, 3.63) is 59.7 Å². The number of carbonyl (C=O) groups excluding carboxylic acids is 2. The van der Waals surface area contributed by atoms with Crippen LogP contribution in [0.4, 0.5) is 5.69 Å². The standard InChI is InChI=1S/C23H30N6O3/c1-6-12-24-22(31)20-19(14-25-28(20)5)26-21(30)18-11-13-29(27-18)15-32-17-9-7-16(8-10-17)23(2,3)4/h7-11,13-14H,6,12,15H2,1-5H3,(H,24,31)(H,26,30). The van der Waals surface area contributed by atoms with Crippen LogP contribution >= 0.6 is 0 Å². The molecule has 0 aliphatic carbocycles. The second-order valence-electron chi connectivity index (χ2n) is 8.53. The largest absolute Gasteiger partial charge is 0.471 e. The molecule has 0 spiro atoms. The molecule has 0 unspecified atom stereocenters. The fraction of sp³-hybridized carbons (Fsp3) is 0.391. The van der Waals surface area contributed by atoms with Gasteiger partial charge in [-0.1, -0.05) is 39.8 Å². The van der Waals surface area contributed by atoms with Gasteiger partial charge in [-0.15, -0.1) is 0 Å². The summed E-state index contributed by atoms with van der Waals surface area (Å²) in [6.07, 6.45) is 3.92. The van der Waals surface area contributed by atoms with E-state index in [1.54, 1.807) is 19.3 Å². The minimum absolute atomic E-state index is 0.0770. The lowest BCUT2D eigenvalue weighted by Gasteiger charge is -2.19. The average Bonchev–Trinajstić information content (AvgIpc) is 3.37. The van der Waals surface area contributed by atoms with E-state index in [2.05, 4.69) is 41.6 Å². The summed E-state index contributed by atoms with van der Waals surface area (Å²) in [5.74, 6) is -0.00743. The number of ether oxygens (including phenoxy) is 1. The van der Waals surface area contributed by atoms with Gasteiger partial charge in [-0.05, 0) is 35.6 Å². The highest BCUT2D eigenvalue weighted by Gasteiger charge is 2.20. The van der Waals surface area contributed by atoms with E-state index < -0.39 is 5.91 Å². The van der Waals surface area contributed by atoms with E-state index in [4.69, 9.17) is 4.74 Å². The Kier molecular flexibility index (Phi) is 6.97. The molecule has 2 heterocycles. The Morgan fingerprint density at radius 3 is 2.47 bits per heavy atom. The second-order valence-corrected chi connectivity index (χ2v) is 8.53. The minimum atomic E-state index is -0.434. The SMILES string of the molecule is CCCNC(=O)c1c(NC(=O)c2ccn(COc3ccc(C(C)(C)C)cc3)n2)cnn1C. The summed E-state index contributed by atoms with van der Waals surface area (Å²) >= 11 is 0. The fourth-order valence-corrected chi connectivity index (χ4v) is 3.05. The van der Waals surface area contributed by atoms with Crippen LogP contribution in [-0.2, 0) is 19.2 Å². The highest BCUT2D eigenvalue weighted by atomic mass is 16.5. The maximum Gasteiger partial charge on any atom is 0.276 e. The third-order valence-electron chi connectivity index (χ3n) is 4.89. The molecule has 0 saturated heterocycles. The van der Waals surface area contributed by atoms with Crippen molar-refractivity contribution in [3.63, 3.8) is 0 Å². The zero-order valence-electron chi connectivity index (χ0n) is 19.2. The molecular formula is C23H30N6O3. The number of carbonyl (C=O) groups is 2. The minimum Gasteiger partial charge on any atom is -0.471 e. The van der Waals surface area contributed by atoms with Gasteiger partial charge in [-0.3, -0.25) is 14.3 Å². The van der Waals surface area contributed by atoms with Crippen molar-refractivity contribution in [1.29, 1.82) is 0 Å². The number of anilines is 1. The molecule has 9 nitrogen and oxygen atoms in total. The lowest BCUT2D eigenvalue weighted by molar-refractivity contribution is 0.0945. The molecule has 0 fully saturated rings. The molecule has 2 aromatic heterocycles. The molecule has 0 saturated carbocycles. The maximum atomic E-state index is 12.6. The number of aryl methyl sites for hydroxylation is 1. The van der Waals surface area contributed by atoms with Crippen LogP contribution in [0.3, 0.4) is 0 Å². The van der Waals surface area contributed by atoms with E-state index in [-0.39, 0.29) is 29.4 Å². The van der Waals surface area contributed by atoms with Gasteiger partial charge < -0.3 is 15.4 Å². The van der Waals surface area contributed by atoms with Crippen molar-refractivity contribution < 1.29 is 14.3 Å². The first kappa shape index (κ1) is 23.1. The van der Waals surface area contributed by atoms with E-state index in [9.17, 15) is 9.59 Å². The second kappa shape index (κ2) is 9.67. The summed E-state index contributed by atoms with van der Waals surface area (Å²) < 4.78 is 8.73. The normalized spacial score (nSPS) is 11.3. The Morgan fingerprint density at radius 1 is 1.09 bits per heavy atom. The van der Waals surface area contributed by atoms with Crippen LogP contribution in [0.25, 0.3) is 0 Å². The molecule has 0 aliphatic rings. The lowest BCUT2D eigenvalue weighted by atomic mass is 9.87. The average molecular weight is 439 g/mol. The molecule has 170 valence electrons. The molecule has 1 aromatic carbocycles. The summed E-state index contributed by atoms with van der Waals surface area (Å²) in [5, 5.41) is 13.8. The van der Waals surface area contributed by atoms with Gasteiger partial charge in [0.15, 0.2) is 12.4 Å². The highest BCUT2D eigenvalue weighted by molar-refractivity contribution is 6.07. The summed E-state index contributed by atoms with van der Waals surface area (Å²) in [6.45, 7) is 9.15. The zero-order valence-corrected chi connectivity index (χ0v) is 19.2. The van der Waals surface area contributed by atoms with Gasteiger partial charge in [-0.25, -0.2) is 4.68 Å². The Balaban J connectivity index is 1.61. The van der Waals surface area contributed by atoms with Gasteiger partial charge in [-0.2, -0.15) is 10.2 Å². The summed E-state index contributed by atoms with van der Waals surface area (Å²) in [6, 6.07) is 9.52. The summed E-state index contributed by atoms with van der Waals surface area (Å²) in [7, 11) is 1.65. The smallest absolute Gasteiger partial charge is 0.276 e. The fourth-order valence-electron chi connectivity index (χ4n) is 3.05. The number of aromatic nitrogens is 4. The van der Waals surface area contributed by atoms with Crippen molar-refractivity contribution in [2.75, 3.05) is 11.9 Å². The molecule has 3 aromatic rings. The Bertz CT molecular complexity index is 1080. The first-order valence-corrected chi connectivity index (χ1v) is 10.6. The van der Waals surface area contributed by atoms with Crippen molar-refractivity contribution in [1.82, 2.24) is 24.9 Å². The topological polar surface area (TPSA) is 103 Å². The molecular weight excluding hydrogens is 408 g/mol. The van der Waals surface area contributed by atoms with E-state index in [0.717, 1.165) is 12.2 Å². The van der Waals surface area contributed by atoms with Crippen LogP contribution in [0.2, 0.25) is 0 Å². The number of nitrogens with zero attached hydrogens (tertiary/aromatic N) is 4. The molecule has 2 N–H and O–H groups in total. The van der Waals surface area contributed by atoms with Gasteiger partial charge in [0.05, 0.1) is 11.9 Å². The predicted molar refractivity (Wildman–Crippen MR) is 122 cm³/mol. The number of rotatable bonds is 8. The molecule has 3 rings (SSSR count). The first-order valence-electron chi connectivity index (χ1n) is 10.6. The predicted octanol–water partition coefficient (Wildman–Crippen LogP) is 3.34. The van der Waals surface area contributed by atoms with E-state index in [1.165, 1.54) is 21.1 Å². The Labute approximate surface area is 187 Å². The van der Waals surface area contributed by atoms with Gasteiger partial charge in [0, 0.05) is 19.8 Å². The van der Waals surface area contributed by atoms with Crippen LogP contribution in [0.5, 0.6) is 5.75 Å². The third-order valence-corrected chi connectivity index (χ3v) is 4.89. The number of amides is 2. The molecule has 9 heteroatoms. The van der Waals surface area contributed by atoms with Crippen molar-refractivity contribution >= 4 is 17.5 Å². The number of nitrogens with one attached hydrogen (secondary N) is 2. The maximum absolute atomic E-state index is 12.6. The van der Waals surface area contributed by atoms with Crippen LogP contribution in [0.1, 0.15) is 60.7 Å². The molecule has 32 heavy (non-hydrogen) atoms. The summed E-state index contributed by atoms with van der Waals surface area (Å²) in [4.78, 5) is 25.0. The van der Waals surface area contributed by atoms with Crippen molar-refractivity contribution in [3.8, 4) is 5.75 Å². The van der Waals surface area contributed by atoms with Gasteiger partial charge in [0.25, 0.3) is 11.8 Å². The number of benzene rings is 1. The first-order chi connectivity index (χ1) is 15.2. The Hall–Kier alpha value is -3.62. The van der Waals surface area contributed by atoms with Gasteiger partial charge >= 0.3 is 0 Å². The monoisotopic (exact) mass is 438 g/mol. The molecule has 0 bridgehead atoms. The number of hydrogen-bond donors (Lipinski definition) is 2. The molecule has 0 atom stereocenters. The van der Waals surface area contributed by atoms with Crippen molar-refractivity contribution in [2.45, 2.75) is 46.3 Å². The molecule has 0 aliphatic heterocycles. The third kappa shape index (κ3) is 5.54. The van der Waals surface area contributed by atoms with Crippen molar-refractivity contribution in [2.24, 2.45) is 7.05 Å². The number of hydrogen-bond acceptors (Lipinski definition) is 5. The van der Waals surface area contributed by atoms with Gasteiger partial charge in [0.2, 0.25) is 0 Å². The quantitative estimate of drug-likeness (QED) is 0.561. The lowest BCUT2D eigenvalue weighted by Crippen LogP contribution is -2.27. The Morgan fingerprint density at radius 2 is 1.81 bits per heavy atom. The van der Waals surface area contributed by atoms with E-state index in [1.807, 2.05) is 31.2 Å². The molecule has 0 radical (unpaired) electrons. The van der Waals surface area contributed by atoms with Crippen LogP contribution in [0.15, 0.2) is 42.7 Å². The van der Waals surface area contributed by atoms with Crippen LogP contribution in [0, 0.1) is 0 Å². The van der Waals surface area contributed by atoms with E-state index >= 15 is 0 Å². The highest BCUT2D eigenvalue weighted by Crippen LogP contribution is 2.24. The van der Waals surface area contributed by atoms with Crippen LogP contribution in [-0.4, -0.2) is 37.9 Å². The van der Waals surface area contributed by atoms with E-state index in [0.29, 0.717) is 12.2 Å². The zero-order chi connectivity index (χ0) is 23.3.